The zero-order chi connectivity index (χ0) is 44.3. The van der Waals surface area contributed by atoms with Crippen LogP contribution in [0.3, 0.4) is 0 Å². The molecular weight excluding hydrogens is 807 g/mol. The number of furan rings is 3. The summed E-state index contributed by atoms with van der Waals surface area (Å²) in [6.07, 6.45) is 2.28. The molecule has 0 saturated heterocycles. The second-order valence-corrected chi connectivity index (χ2v) is 21.9. The molecule has 4 aromatic heterocycles. The summed E-state index contributed by atoms with van der Waals surface area (Å²) >= 11 is 0. The lowest BCUT2D eigenvalue weighted by atomic mass is 9.43. The highest BCUT2D eigenvalue weighted by Gasteiger charge is 2.47. The summed E-state index contributed by atoms with van der Waals surface area (Å²) in [5.74, 6) is 0. The molecule has 66 heavy (non-hydrogen) atoms. The van der Waals surface area contributed by atoms with Crippen molar-refractivity contribution < 1.29 is 13.3 Å². The smallest absolute Gasteiger partial charge is 0.333 e. The third kappa shape index (κ3) is 4.57. The molecule has 2 aliphatic heterocycles. The summed E-state index contributed by atoms with van der Waals surface area (Å²) in [5.41, 5.74) is 20.2. The predicted octanol–water partition coefficient (Wildman–Crippen LogP) is 15.4. The third-order valence-corrected chi connectivity index (χ3v) is 16.2. The molecule has 0 radical (unpaired) electrons. The first kappa shape index (κ1) is 37.1. The normalized spacial score (nSPS) is 16.2. The van der Waals surface area contributed by atoms with E-state index in [1.54, 1.807) is 0 Å². The third-order valence-electron chi connectivity index (χ3n) is 16.2. The molecule has 0 fully saturated rings. The van der Waals surface area contributed by atoms with E-state index < -0.39 is 0 Å². The van der Waals surface area contributed by atoms with Gasteiger partial charge in [0.1, 0.15) is 33.5 Å². The van der Waals surface area contributed by atoms with Crippen LogP contribution in [-0.2, 0) is 16.2 Å². The number of para-hydroxylation sites is 3. The van der Waals surface area contributed by atoms with Crippen molar-refractivity contribution in [1.29, 1.82) is 0 Å². The first-order valence-corrected chi connectivity index (χ1v) is 23.7. The fourth-order valence-corrected chi connectivity index (χ4v) is 12.7. The maximum absolute atomic E-state index is 7.33. The number of aromatic nitrogens is 1. The Balaban J connectivity index is 1.20. The lowest BCUT2D eigenvalue weighted by molar-refractivity contribution is 0.332. The van der Waals surface area contributed by atoms with Crippen LogP contribution >= 0.6 is 0 Å². The van der Waals surface area contributed by atoms with Gasteiger partial charge < -0.3 is 22.6 Å². The van der Waals surface area contributed by atoms with Crippen molar-refractivity contribution in [3.05, 3.63) is 150 Å². The quantitative estimate of drug-likeness (QED) is 0.154. The second kappa shape index (κ2) is 12.0. The topological polar surface area (TPSA) is 47.6 Å². The van der Waals surface area contributed by atoms with E-state index in [1.807, 2.05) is 0 Å². The van der Waals surface area contributed by atoms with Gasteiger partial charge in [-0.25, -0.2) is 0 Å². The van der Waals surface area contributed by atoms with Gasteiger partial charge in [0.25, 0.3) is 0 Å². The van der Waals surface area contributed by atoms with Gasteiger partial charge >= 0.3 is 6.85 Å². The molecule has 8 aromatic carbocycles. The van der Waals surface area contributed by atoms with Crippen LogP contribution < -0.4 is 15.7 Å². The van der Waals surface area contributed by atoms with E-state index in [-0.39, 0.29) is 23.1 Å². The zero-order valence-corrected chi connectivity index (χ0v) is 38.3. The Morgan fingerprint density at radius 3 is 1.79 bits per heavy atom. The SMILES string of the molecule is CC(C)(C)c1ccc(N2B3c4cc5c(cc4-n4c6cc7c(cc6c6c8c(oc9ccccc98)c(c3c64)-c3cc4oc6ccccc6c4cc32)C(C)(C)CCC7(C)C)oc2ccccc25)cc1. The highest BCUT2D eigenvalue weighted by atomic mass is 16.3. The van der Waals surface area contributed by atoms with Gasteiger partial charge in [-0.2, -0.15) is 0 Å². The van der Waals surface area contributed by atoms with Crippen molar-refractivity contribution in [3.63, 3.8) is 0 Å². The van der Waals surface area contributed by atoms with Crippen LogP contribution in [0.5, 0.6) is 0 Å². The zero-order valence-electron chi connectivity index (χ0n) is 38.3. The maximum atomic E-state index is 7.33. The first-order chi connectivity index (χ1) is 31.8. The second-order valence-electron chi connectivity index (χ2n) is 21.9. The minimum absolute atomic E-state index is 0.000482. The van der Waals surface area contributed by atoms with Gasteiger partial charge in [-0.1, -0.05) is 121 Å². The number of fused-ring (bicyclic) bond motifs is 20. The number of rotatable bonds is 1. The van der Waals surface area contributed by atoms with Crippen molar-refractivity contribution in [3.8, 4) is 16.8 Å². The van der Waals surface area contributed by atoms with E-state index in [0.717, 1.165) is 101 Å². The van der Waals surface area contributed by atoms with Gasteiger partial charge in [0.15, 0.2) is 0 Å². The molecule has 15 rings (SSSR count). The summed E-state index contributed by atoms with van der Waals surface area (Å²) < 4.78 is 23.5. The molecule has 0 saturated carbocycles. The first-order valence-electron chi connectivity index (χ1n) is 23.7. The molecule has 6 heterocycles. The minimum atomic E-state index is -0.226. The van der Waals surface area contributed by atoms with Crippen LogP contribution in [0, 0.1) is 0 Å². The van der Waals surface area contributed by atoms with E-state index >= 15 is 0 Å². The van der Waals surface area contributed by atoms with Crippen molar-refractivity contribution in [2.45, 2.75) is 77.6 Å². The van der Waals surface area contributed by atoms with Gasteiger partial charge in [0.05, 0.1) is 11.0 Å². The summed E-state index contributed by atoms with van der Waals surface area (Å²) in [5, 5.41) is 9.28. The molecule has 0 spiro atoms. The van der Waals surface area contributed by atoms with Crippen molar-refractivity contribution in [2.24, 2.45) is 0 Å². The molecule has 0 bridgehead atoms. The van der Waals surface area contributed by atoms with Crippen LogP contribution in [0.25, 0.3) is 104 Å². The summed E-state index contributed by atoms with van der Waals surface area (Å²) in [7, 11) is 0. The molecule has 1 aliphatic carbocycles. The summed E-state index contributed by atoms with van der Waals surface area (Å²) in [6.45, 7) is 16.4. The maximum Gasteiger partial charge on any atom is 0.333 e. The molecule has 0 atom stereocenters. The molecular formula is C60H47BN2O3. The standard InChI is InChI=1S/C60H47BN2O3/c1-58(2,3)32-20-22-33(23-21-32)63-45-28-38-35-15-9-12-18-48(35)64-50(38)29-40(45)54-55-56-52(53-36-16-10-13-19-49(36)66-57(53)54)39-26-41-42(60(6,7)25-24-59(41,4)5)30-44(39)62(56)46-31-51-37(27-43(46)61(55)63)34-14-8-11-17-47(34)65-51/h8-23,26-31H,24-25H2,1-7H3. The largest absolute Gasteiger partial charge is 0.456 e. The van der Waals surface area contributed by atoms with Crippen molar-refractivity contribution in [2.75, 3.05) is 4.81 Å². The Morgan fingerprint density at radius 2 is 1.12 bits per heavy atom. The highest BCUT2D eigenvalue weighted by molar-refractivity contribution is 6.94. The molecule has 5 nitrogen and oxygen atoms in total. The van der Waals surface area contributed by atoms with E-state index in [9.17, 15) is 0 Å². The van der Waals surface area contributed by atoms with Crippen LogP contribution in [0.2, 0.25) is 0 Å². The average Bonchev–Trinajstić information content (AvgIpc) is 4.07. The van der Waals surface area contributed by atoms with Gasteiger partial charge in [-0.05, 0) is 111 Å². The number of nitrogens with zero attached hydrogens (tertiary/aromatic N) is 2. The van der Waals surface area contributed by atoms with Crippen LogP contribution in [0.15, 0.2) is 147 Å². The Morgan fingerprint density at radius 1 is 0.530 bits per heavy atom. The summed E-state index contributed by atoms with van der Waals surface area (Å²) in [4.78, 5) is 2.63. The molecule has 3 aliphatic rings. The summed E-state index contributed by atoms with van der Waals surface area (Å²) in [6, 6.07) is 49.6. The lowest BCUT2D eigenvalue weighted by Gasteiger charge is -2.42. The molecule has 0 N–H and O–H groups in total. The van der Waals surface area contributed by atoms with Gasteiger partial charge in [0.2, 0.25) is 0 Å². The van der Waals surface area contributed by atoms with Crippen molar-refractivity contribution >= 4 is 117 Å². The fourth-order valence-electron chi connectivity index (χ4n) is 12.7. The monoisotopic (exact) mass is 854 g/mol. The van der Waals surface area contributed by atoms with E-state index in [1.165, 1.54) is 54.8 Å². The molecule has 6 heteroatoms. The minimum Gasteiger partial charge on any atom is -0.456 e. The molecule has 12 aromatic rings. The van der Waals surface area contributed by atoms with E-state index in [2.05, 4.69) is 191 Å². The number of benzene rings is 8. The van der Waals surface area contributed by atoms with Gasteiger partial charge in [-0.3, -0.25) is 0 Å². The van der Waals surface area contributed by atoms with E-state index in [0.29, 0.717) is 0 Å². The highest BCUT2D eigenvalue weighted by Crippen LogP contribution is 2.55. The molecule has 318 valence electrons. The van der Waals surface area contributed by atoms with Crippen LogP contribution in [0.4, 0.5) is 11.4 Å². The lowest BCUT2D eigenvalue weighted by Crippen LogP contribution is -2.60. The Hall–Kier alpha value is -7.18. The van der Waals surface area contributed by atoms with E-state index in [4.69, 9.17) is 13.3 Å². The van der Waals surface area contributed by atoms with Crippen LogP contribution in [-0.4, -0.2) is 11.4 Å². The number of hydrogen-bond acceptors (Lipinski definition) is 4. The predicted molar refractivity (Wildman–Crippen MR) is 276 cm³/mol. The average molecular weight is 855 g/mol. The Kier molecular flexibility index (Phi) is 6.73. The van der Waals surface area contributed by atoms with Crippen molar-refractivity contribution in [1.82, 2.24) is 4.57 Å². The molecule has 0 amide bonds. The number of hydrogen-bond donors (Lipinski definition) is 0. The van der Waals surface area contributed by atoms with Gasteiger partial charge in [0, 0.05) is 77.3 Å². The number of anilines is 2. The van der Waals surface area contributed by atoms with Gasteiger partial charge in [-0.15, -0.1) is 0 Å². The molecule has 0 unspecified atom stereocenters. The fraction of sp³-hybridized carbons (Fsp3) is 0.200. The Bertz CT molecular complexity index is 4170. The van der Waals surface area contributed by atoms with Crippen LogP contribution in [0.1, 0.15) is 78.0 Å². The Labute approximate surface area is 382 Å².